The molecule has 0 amide bonds. The first kappa shape index (κ1) is 15.2. The summed E-state index contributed by atoms with van der Waals surface area (Å²) in [4.78, 5) is 8.68. The topological polar surface area (TPSA) is 62.5 Å². The molecule has 3 atom stereocenters. The van der Waals surface area contributed by atoms with E-state index in [0.717, 1.165) is 41.7 Å². The van der Waals surface area contributed by atoms with Crippen LogP contribution in [0.15, 0.2) is 33.7 Å². The Labute approximate surface area is 142 Å². The molecule has 24 heavy (non-hydrogen) atoms. The van der Waals surface area contributed by atoms with Gasteiger partial charge >= 0.3 is 0 Å². The van der Waals surface area contributed by atoms with E-state index in [4.69, 9.17) is 4.42 Å². The molecule has 3 unspecified atom stereocenters. The number of aryl methyl sites for hydroxylation is 2. The fourth-order valence-electron chi connectivity index (χ4n) is 3.97. The fourth-order valence-corrected chi connectivity index (χ4v) is 3.97. The van der Waals surface area contributed by atoms with E-state index in [1.54, 1.807) is 18.2 Å². The minimum atomic E-state index is 0.550. The molecular weight excluding hydrogens is 300 g/mol. The number of hydrogen-bond donors (Lipinski definition) is 2. The summed E-state index contributed by atoms with van der Waals surface area (Å²) in [5.41, 5.74) is 4.04. The number of nitrogens with zero attached hydrogens (tertiary/aromatic N) is 2. The Bertz CT molecular complexity index is 760. The molecule has 1 fully saturated rings. The average Bonchev–Trinajstić information content (AvgIpc) is 2.94. The average molecular weight is 324 g/mol. The highest BCUT2D eigenvalue weighted by Gasteiger charge is 2.54. The Morgan fingerprint density at radius 1 is 1.29 bits per heavy atom. The SMILES string of the molecule is CN=C(NCc1nc(C)c(C)o1)NCC1C2Cc3ccccc3C12. The predicted molar refractivity (Wildman–Crippen MR) is 94.0 cm³/mol. The molecule has 1 saturated carbocycles. The Balaban J connectivity index is 1.28. The van der Waals surface area contributed by atoms with E-state index in [1.807, 2.05) is 13.8 Å². The molecular formula is C19H24N4O. The second kappa shape index (κ2) is 5.96. The number of nitrogens with one attached hydrogen (secondary N) is 2. The molecule has 0 saturated heterocycles. The van der Waals surface area contributed by atoms with Crippen molar-refractivity contribution in [3.63, 3.8) is 0 Å². The summed E-state index contributed by atoms with van der Waals surface area (Å²) in [6.45, 7) is 5.41. The van der Waals surface area contributed by atoms with Gasteiger partial charge in [0.05, 0.1) is 12.2 Å². The third-order valence-electron chi connectivity index (χ3n) is 5.41. The quantitative estimate of drug-likeness (QED) is 0.670. The number of aliphatic imine (C=N–C) groups is 1. The standard InChI is InChI=1S/C19H24N4O/c1-11-12(2)24-17(23-11)10-22-19(20-3)21-9-16-15-8-13-6-4-5-7-14(13)18(15)16/h4-7,15-16,18H,8-10H2,1-3H3,(H2,20,21,22). The molecule has 0 bridgehead atoms. The van der Waals surface area contributed by atoms with Crippen molar-refractivity contribution in [1.82, 2.24) is 15.6 Å². The lowest BCUT2D eigenvalue weighted by atomic mass is 10.0. The molecule has 1 aromatic carbocycles. The van der Waals surface area contributed by atoms with Crippen LogP contribution in [-0.2, 0) is 13.0 Å². The van der Waals surface area contributed by atoms with Gasteiger partial charge in [0.2, 0.25) is 5.89 Å². The van der Waals surface area contributed by atoms with Crippen molar-refractivity contribution in [3.8, 4) is 0 Å². The lowest BCUT2D eigenvalue weighted by Gasteiger charge is -2.12. The van der Waals surface area contributed by atoms with Crippen molar-refractivity contribution in [2.75, 3.05) is 13.6 Å². The van der Waals surface area contributed by atoms with Gasteiger partial charge in [-0.05, 0) is 49.1 Å². The molecule has 5 heteroatoms. The van der Waals surface area contributed by atoms with Crippen molar-refractivity contribution in [2.45, 2.75) is 32.7 Å². The summed E-state index contributed by atoms with van der Waals surface area (Å²) < 4.78 is 5.59. The van der Waals surface area contributed by atoms with Gasteiger partial charge in [-0.3, -0.25) is 4.99 Å². The third-order valence-corrected chi connectivity index (χ3v) is 5.41. The van der Waals surface area contributed by atoms with Crippen LogP contribution in [0.3, 0.4) is 0 Å². The molecule has 2 N–H and O–H groups in total. The number of guanidine groups is 1. The van der Waals surface area contributed by atoms with E-state index in [9.17, 15) is 0 Å². The van der Waals surface area contributed by atoms with Crippen LogP contribution in [0.1, 0.15) is 34.4 Å². The molecule has 5 nitrogen and oxygen atoms in total. The number of fused-ring (bicyclic) bond motifs is 3. The van der Waals surface area contributed by atoms with Crippen LogP contribution in [0.5, 0.6) is 0 Å². The van der Waals surface area contributed by atoms with Crippen LogP contribution in [0.4, 0.5) is 0 Å². The van der Waals surface area contributed by atoms with E-state index in [1.165, 1.54) is 6.42 Å². The minimum Gasteiger partial charge on any atom is -0.444 e. The smallest absolute Gasteiger partial charge is 0.214 e. The van der Waals surface area contributed by atoms with Gasteiger partial charge in [0, 0.05) is 13.6 Å². The summed E-state index contributed by atoms with van der Waals surface area (Å²) >= 11 is 0. The van der Waals surface area contributed by atoms with Crippen LogP contribution in [0.25, 0.3) is 0 Å². The molecule has 2 aliphatic rings. The molecule has 0 radical (unpaired) electrons. The van der Waals surface area contributed by atoms with Crippen LogP contribution < -0.4 is 10.6 Å². The van der Waals surface area contributed by atoms with Crippen molar-refractivity contribution in [2.24, 2.45) is 16.8 Å². The van der Waals surface area contributed by atoms with Gasteiger partial charge < -0.3 is 15.1 Å². The Hall–Kier alpha value is -2.30. The Morgan fingerprint density at radius 3 is 2.88 bits per heavy atom. The van der Waals surface area contributed by atoms with Gasteiger partial charge in [-0.25, -0.2) is 4.98 Å². The number of rotatable bonds is 4. The first-order chi connectivity index (χ1) is 11.7. The van der Waals surface area contributed by atoms with Crippen LogP contribution in [0, 0.1) is 25.7 Å². The van der Waals surface area contributed by atoms with E-state index in [0.29, 0.717) is 12.4 Å². The van der Waals surface area contributed by atoms with Gasteiger partial charge in [-0.1, -0.05) is 24.3 Å². The van der Waals surface area contributed by atoms with Crippen LogP contribution in [0.2, 0.25) is 0 Å². The maximum atomic E-state index is 5.59. The largest absolute Gasteiger partial charge is 0.444 e. The molecule has 1 aromatic heterocycles. The summed E-state index contributed by atoms with van der Waals surface area (Å²) in [7, 11) is 1.80. The highest BCUT2D eigenvalue weighted by Crippen LogP contribution is 2.60. The molecule has 126 valence electrons. The second-order valence-corrected chi connectivity index (χ2v) is 6.81. The van der Waals surface area contributed by atoms with Gasteiger partial charge in [-0.15, -0.1) is 0 Å². The second-order valence-electron chi connectivity index (χ2n) is 6.81. The molecule has 1 heterocycles. The lowest BCUT2D eigenvalue weighted by molar-refractivity contribution is 0.463. The van der Waals surface area contributed by atoms with Crippen molar-refractivity contribution in [3.05, 3.63) is 52.7 Å². The summed E-state index contributed by atoms with van der Waals surface area (Å²) in [6.07, 6.45) is 1.23. The summed E-state index contributed by atoms with van der Waals surface area (Å²) in [5, 5.41) is 6.73. The zero-order valence-electron chi connectivity index (χ0n) is 14.5. The van der Waals surface area contributed by atoms with Crippen molar-refractivity contribution < 1.29 is 4.42 Å². The summed E-state index contributed by atoms with van der Waals surface area (Å²) in [6, 6.07) is 8.87. The van der Waals surface area contributed by atoms with Crippen molar-refractivity contribution in [1.29, 1.82) is 0 Å². The Kier molecular flexibility index (Phi) is 3.79. The zero-order valence-corrected chi connectivity index (χ0v) is 14.5. The van der Waals surface area contributed by atoms with E-state index < -0.39 is 0 Å². The molecule has 0 aliphatic heterocycles. The predicted octanol–water partition coefficient (Wildman–Crippen LogP) is 2.54. The van der Waals surface area contributed by atoms with Crippen LogP contribution in [-0.4, -0.2) is 24.5 Å². The number of hydrogen-bond acceptors (Lipinski definition) is 3. The normalized spacial score (nSPS) is 24.5. The lowest BCUT2D eigenvalue weighted by Crippen LogP contribution is -2.38. The van der Waals surface area contributed by atoms with Gasteiger partial charge in [0.25, 0.3) is 0 Å². The van der Waals surface area contributed by atoms with E-state index in [-0.39, 0.29) is 0 Å². The van der Waals surface area contributed by atoms with Crippen molar-refractivity contribution >= 4 is 5.96 Å². The minimum absolute atomic E-state index is 0.550. The highest BCUT2D eigenvalue weighted by atomic mass is 16.4. The zero-order chi connectivity index (χ0) is 16.7. The van der Waals surface area contributed by atoms with Gasteiger partial charge in [0.1, 0.15) is 5.76 Å². The highest BCUT2D eigenvalue weighted by molar-refractivity contribution is 5.79. The molecule has 2 aromatic rings. The molecule has 0 spiro atoms. The van der Waals surface area contributed by atoms with Gasteiger partial charge in [-0.2, -0.15) is 0 Å². The maximum Gasteiger partial charge on any atom is 0.214 e. The maximum absolute atomic E-state index is 5.59. The number of benzene rings is 1. The first-order valence-corrected chi connectivity index (χ1v) is 8.62. The number of oxazole rings is 1. The van der Waals surface area contributed by atoms with Crippen LogP contribution >= 0.6 is 0 Å². The third kappa shape index (κ3) is 2.68. The fraction of sp³-hybridized carbons (Fsp3) is 0.474. The monoisotopic (exact) mass is 324 g/mol. The van der Waals surface area contributed by atoms with Gasteiger partial charge in [0.15, 0.2) is 5.96 Å². The molecule has 4 rings (SSSR count). The summed E-state index contributed by atoms with van der Waals surface area (Å²) in [5.74, 6) is 4.66. The Morgan fingerprint density at radius 2 is 2.12 bits per heavy atom. The molecule has 2 aliphatic carbocycles. The van der Waals surface area contributed by atoms with E-state index in [2.05, 4.69) is 44.9 Å². The van der Waals surface area contributed by atoms with E-state index >= 15 is 0 Å². The number of aromatic nitrogens is 1. The first-order valence-electron chi connectivity index (χ1n) is 8.62.